The largest absolute Gasteiger partial charge is 0.303 e. The van der Waals surface area contributed by atoms with Crippen molar-refractivity contribution < 1.29 is 0 Å². The third kappa shape index (κ3) is 1.80. The fourth-order valence-corrected chi connectivity index (χ4v) is 0.158. The highest BCUT2D eigenvalue weighted by atomic mass is 15.1. The van der Waals surface area contributed by atoms with Gasteiger partial charge in [0.15, 0.2) is 0 Å². The van der Waals surface area contributed by atoms with Crippen LogP contribution in [0, 0.1) is 0 Å². The van der Waals surface area contributed by atoms with Gasteiger partial charge in [0.05, 0.1) is 0 Å². The van der Waals surface area contributed by atoms with Crippen molar-refractivity contribution in [3.05, 3.63) is 0 Å². The number of nitrogens with one attached hydrogen (secondary N) is 1. The van der Waals surface area contributed by atoms with Crippen LogP contribution in [0.25, 0.3) is 0 Å². The molecule has 0 aliphatic heterocycles. The lowest BCUT2D eigenvalue weighted by molar-refractivity contribution is 0.202. The average Bonchev–Trinajstić information content (AvgIpc) is 1.67. The molecule has 0 amide bonds. The molecule has 0 unspecified atom stereocenters. The predicted molar refractivity (Wildman–Crippen MR) is 35.7 cm³/mol. The second kappa shape index (κ2) is 2.46. The summed E-state index contributed by atoms with van der Waals surface area (Å²) in [5.41, 5.74) is 7.14. The monoisotopic (exact) mass is 115 g/mol. The van der Waals surface area contributed by atoms with Crippen LogP contribution in [0.15, 0.2) is 0 Å². The number of nitrogens with zero attached hydrogens (tertiary/aromatic N) is 1. The van der Waals surface area contributed by atoms with E-state index in [2.05, 4.69) is 18.7 Å². The molecule has 0 aliphatic carbocycles. The minimum Gasteiger partial charge on any atom is -0.303 e. The van der Waals surface area contributed by atoms with Gasteiger partial charge in [-0.15, -0.1) is 0 Å². The molecular formula is C6H15N2. The molecule has 1 N–H and O–H groups in total. The minimum atomic E-state index is 0.0417. The summed E-state index contributed by atoms with van der Waals surface area (Å²) >= 11 is 0. The van der Waals surface area contributed by atoms with Gasteiger partial charge in [0.2, 0.25) is 0 Å². The molecule has 0 aromatic heterocycles. The van der Waals surface area contributed by atoms with Gasteiger partial charge in [0, 0.05) is 12.1 Å². The van der Waals surface area contributed by atoms with Crippen molar-refractivity contribution in [2.45, 2.75) is 19.4 Å². The molecule has 8 heavy (non-hydrogen) atoms. The van der Waals surface area contributed by atoms with Gasteiger partial charge in [-0.1, -0.05) is 0 Å². The van der Waals surface area contributed by atoms with Gasteiger partial charge in [-0.25, -0.2) is 0 Å². The second-order valence-corrected chi connectivity index (χ2v) is 2.88. The van der Waals surface area contributed by atoms with Crippen LogP contribution >= 0.6 is 0 Å². The Hall–Kier alpha value is -0.0800. The fraction of sp³-hybridized carbons (Fsp3) is 1.00. The molecule has 0 atom stereocenters. The van der Waals surface area contributed by atoms with E-state index in [1.54, 1.807) is 0 Å². The summed E-state index contributed by atoms with van der Waals surface area (Å²) in [7, 11) is 3.99. The molecule has 0 fully saturated rings. The number of hydrogen-bond donors (Lipinski definition) is 0. The Morgan fingerprint density at radius 3 is 1.75 bits per heavy atom. The minimum absolute atomic E-state index is 0.0417. The first-order chi connectivity index (χ1) is 3.50. The van der Waals surface area contributed by atoms with E-state index in [0.717, 1.165) is 0 Å². The van der Waals surface area contributed by atoms with Gasteiger partial charge in [-0.2, -0.15) is 0 Å². The summed E-state index contributed by atoms with van der Waals surface area (Å²) in [4.78, 5) is 2.06. The molecule has 0 aromatic carbocycles. The fourth-order valence-electron chi connectivity index (χ4n) is 0.158. The average molecular weight is 115 g/mol. The van der Waals surface area contributed by atoms with Crippen molar-refractivity contribution in [1.82, 2.24) is 10.6 Å². The van der Waals surface area contributed by atoms with E-state index in [1.165, 1.54) is 0 Å². The summed E-state index contributed by atoms with van der Waals surface area (Å²) in [6.07, 6.45) is 0. The van der Waals surface area contributed by atoms with Crippen LogP contribution in [-0.2, 0) is 0 Å². The Bertz CT molecular complexity index is 66.9. The van der Waals surface area contributed by atoms with Crippen LogP contribution < -0.4 is 5.73 Å². The highest BCUT2D eigenvalue weighted by Gasteiger charge is 2.17. The molecule has 1 radical (unpaired) electrons. The first kappa shape index (κ1) is 7.92. The number of likely N-dealkylation sites (N-methyl/N-ethyl adjacent to an activating group) is 1. The Morgan fingerprint density at radius 1 is 1.38 bits per heavy atom. The van der Waals surface area contributed by atoms with Crippen molar-refractivity contribution in [3.63, 3.8) is 0 Å². The van der Waals surface area contributed by atoms with Crippen LogP contribution in [0.3, 0.4) is 0 Å². The lowest BCUT2D eigenvalue weighted by Gasteiger charge is -2.30. The van der Waals surface area contributed by atoms with Gasteiger partial charge in [0.25, 0.3) is 0 Å². The molecule has 0 aromatic rings. The van der Waals surface area contributed by atoms with Crippen molar-refractivity contribution in [2.24, 2.45) is 0 Å². The highest BCUT2D eigenvalue weighted by Crippen LogP contribution is 2.06. The molecule has 0 saturated heterocycles. The zero-order valence-electron chi connectivity index (χ0n) is 6.15. The smallest absolute Gasteiger partial charge is 0.0285 e. The maximum atomic E-state index is 7.09. The van der Waals surface area contributed by atoms with Crippen LogP contribution in [0.5, 0.6) is 0 Å². The first-order valence-corrected chi connectivity index (χ1v) is 2.83. The Kier molecular flexibility index (Phi) is 2.44. The molecule has 0 heterocycles. The van der Waals surface area contributed by atoms with Gasteiger partial charge < -0.3 is 4.90 Å². The quantitative estimate of drug-likeness (QED) is 0.518. The van der Waals surface area contributed by atoms with E-state index in [1.807, 2.05) is 14.1 Å². The van der Waals surface area contributed by atoms with Crippen molar-refractivity contribution in [3.8, 4) is 0 Å². The third-order valence-electron chi connectivity index (χ3n) is 1.64. The topological polar surface area (TPSA) is 27.0 Å². The highest BCUT2D eigenvalue weighted by molar-refractivity contribution is 4.76. The Labute approximate surface area is 51.7 Å². The first-order valence-electron chi connectivity index (χ1n) is 2.83. The standard InChI is InChI=1S/C6H15N2/c1-6(2,5-7)8(3)4/h7H,5H2,1-4H3. The molecule has 2 heteroatoms. The predicted octanol–water partition coefficient (Wildman–Crippen LogP) is 0.609. The van der Waals surface area contributed by atoms with E-state index in [0.29, 0.717) is 6.54 Å². The van der Waals surface area contributed by atoms with E-state index >= 15 is 0 Å². The maximum absolute atomic E-state index is 7.09. The molecular weight excluding hydrogens is 100 g/mol. The normalized spacial score (nSPS) is 12.8. The van der Waals surface area contributed by atoms with Crippen molar-refractivity contribution in [1.29, 1.82) is 0 Å². The van der Waals surface area contributed by atoms with Gasteiger partial charge in [-0.3, -0.25) is 5.73 Å². The lowest BCUT2D eigenvalue weighted by Crippen LogP contribution is -2.41. The van der Waals surface area contributed by atoms with Crippen LogP contribution in [0.1, 0.15) is 13.8 Å². The summed E-state index contributed by atoms with van der Waals surface area (Å²) in [6, 6.07) is 0. The van der Waals surface area contributed by atoms with E-state index in [-0.39, 0.29) is 5.54 Å². The number of rotatable bonds is 2. The number of hydrogen-bond acceptors (Lipinski definition) is 1. The molecule has 0 rings (SSSR count). The summed E-state index contributed by atoms with van der Waals surface area (Å²) in [6.45, 7) is 4.57. The molecule has 0 aliphatic rings. The van der Waals surface area contributed by atoms with Crippen molar-refractivity contribution in [2.75, 3.05) is 20.6 Å². The summed E-state index contributed by atoms with van der Waals surface area (Å²) in [5.74, 6) is 0. The zero-order valence-corrected chi connectivity index (χ0v) is 6.15. The Morgan fingerprint density at radius 2 is 1.75 bits per heavy atom. The Balaban J connectivity index is 3.71. The lowest BCUT2D eigenvalue weighted by atomic mass is 10.1. The maximum Gasteiger partial charge on any atom is 0.0285 e. The third-order valence-corrected chi connectivity index (χ3v) is 1.64. The summed E-state index contributed by atoms with van der Waals surface area (Å²) in [5, 5.41) is 0. The van der Waals surface area contributed by atoms with Crippen LogP contribution in [0.4, 0.5) is 0 Å². The molecule has 0 bridgehead atoms. The molecule has 2 nitrogen and oxygen atoms in total. The molecule has 0 saturated carbocycles. The van der Waals surface area contributed by atoms with Gasteiger partial charge >= 0.3 is 0 Å². The molecule has 49 valence electrons. The van der Waals surface area contributed by atoms with E-state index in [9.17, 15) is 0 Å². The SMILES string of the molecule is CN(C)C(C)(C)C[NH]. The van der Waals surface area contributed by atoms with Crippen LogP contribution in [0.2, 0.25) is 0 Å². The summed E-state index contributed by atoms with van der Waals surface area (Å²) < 4.78 is 0. The zero-order chi connectivity index (χ0) is 6.78. The van der Waals surface area contributed by atoms with E-state index in [4.69, 9.17) is 5.73 Å². The van der Waals surface area contributed by atoms with Gasteiger partial charge in [-0.05, 0) is 27.9 Å². The molecule has 0 spiro atoms. The van der Waals surface area contributed by atoms with Crippen LogP contribution in [-0.4, -0.2) is 31.1 Å². The van der Waals surface area contributed by atoms with Crippen molar-refractivity contribution >= 4 is 0 Å². The second-order valence-electron chi connectivity index (χ2n) is 2.88. The van der Waals surface area contributed by atoms with Gasteiger partial charge in [0.1, 0.15) is 0 Å². The van der Waals surface area contributed by atoms with E-state index < -0.39 is 0 Å².